The van der Waals surface area contributed by atoms with Crippen molar-refractivity contribution in [1.82, 2.24) is 14.5 Å². The van der Waals surface area contributed by atoms with Gasteiger partial charge in [-0.3, -0.25) is 19.3 Å². The number of hydrogen-bond acceptors (Lipinski definition) is 4. The van der Waals surface area contributed by atoms with Crippen LogP contribution in [0.15, 0.2) is 40.3 Å². The normalized spacial score (nSPS) is 9.69. The molecule has 78 valence electrons. The molecule has 0 unspecified atom stereocenters. The van der Waals surface area contributed by atoms with Gasteiger partial charge >= 0.3 is 5.69 Å². The highest BCUT2D eigenvalue weighted by atomic mass is 16.2. The molecule has 0 bridgehead atoms. The minimum Gasteiger partial charge on any atom is -0.273 e. The lowest BCUT2D eigenvalue weighted by Gasteiger charge is -2.03. The molecule has 2 heterocycles. The Balaban J connectivity index is 2.73. The maximum Gasteiger partial charge on any atom is 0.333 e. The second kappa shape index (κ2) is 3.82. The summed E-state index contributed by atoms with van der Waals surface area (Å²) in [4.78, 5) is 28.5. The molecule has 0 aromatic carbocycles. The van der Waals surface area contributed by atoms with Crippen LogP contribution in [0.25, 0.3) is 5.69 Å². The Kier molecular flexibility index (Phi) is 2.36. The molecule has 0 spiro atoms. The first-order valence-corrected chi connectivity index (χ1v) is 4.39. The van der Waals surface area contributed by atoms with Crippen molar-refractivity contribution in [2.75, 3.05) is 0 Å². The molecular formula is C10H6N4O2. The first-order valence-electron chi connectivity index (χ1n) is 4.39. The molecule has 0 atom stereocenters. The van der Waals surface area contributed by atoms with Crippen LogP contribution in [0.3, 0.4) is 0 Å². The first-order chi connectivity index (χ1) is 7.72. The fraction of sp³-hybridized carbons (Fsp3) is 0. The molecule has 1 N–H and O–H groups in total. The second-order valence-electron chi connectivity index (χ2n) is 3.00. The number of rotatable bonds is 1. The number of nitriles is 1. The van der Waals surface area contributed by atoms with Gasteiger partial charge in [0.15, 0.2) is 0 Å². The molecule has 0 aliphatic carbocycles. The van der Waals surface area contributed by atoms with Crippen LogP contribution in [0.4, 0.5) is 0 Å². The molecule has 6 heteroatoms. The van der Waals surface area contributed by atoms with Crippen molar-refractivity contribution >= 4 is 0 Å². The summed E-state index contributed by atoms with van der Waals surface area (Å²) in [6, 6.07) is 5.01. The lowest BCUT2D eigenvalue weighted by molar-refractivity contribution is 0.884. The molecule has 0 aliphatic rings. The van der Waals surface area contributed by atoms with Crippen LogP contribution in [-0.2, 0) is 0 Å². The van der Waals surface area contributed by atoms with E-state index in [4.69, 9.17) is 5.26 Å². The lowest BCUT2D eigenvalue weighted by Crippen LogP contribution is -2.30. The van der Waals surface area contributed by atoms with Gasteiger partial charge in [-0.05, 0) is 12.1 Å². The van der Waals surface area contributed by atoms with Crippen LogP contribution in [0, 0.1) is 11.3 Å². The maximum atomic E-state index is 11.5. The number of aromatic nitrogens is 3. The fourth-order valence-corrected chi connectivity index (χ4v) is 1.24. The molecule has 2 rings (SSSR count). The van der Waals surface area contributed by atoms with Crippen LogP contribution < -0.4 is 11.2 Å². The summed E-state index contributed by atoms with van der Waals surface area (Å²) in [5.74, 6) is 0. The van der Waals surface area contributed by atoms with Gasteiger partial charge in [0, 0.05) is 12.4 Å². The van der Waals surface area contributed by atoms with Crippen molar-refractivity contribution in [3.8, 4) is 11.8 Å². The summed E-state index contributed by atoms with van der Waals surface area (Å²) >= 11 is 0. The van der Waals surface area contributed by atoms with E-state index in [2.05, 4.69) is 9.97 Å². The first kappa shape index (κ1) is 9.86. The van der Waals surface area contributed by atoms with E-state index in [0.29, 0.717) is 5.69 Å². The highest BCUT2D eigenvalue weighted by molar-refractivity contribution is 5.31. The van der Waals surface area contributed by atoms with Crippen LogP contribution in [0.2, 0.25) is 0 Å². The smallest absolute Gasteiger partial charge is 0.273 e. The summed E-state index contributed by atoms with van der Waals surface area (Å²) in [5.41, 5.74) is -0.923. The Bertz CT molecular complexity index is 664. The lowest BCUT2D eigenvalue weighted by atomic mass is 10.3. The third-order valence-electron chi connectivity index (χ3n) is 1.99. The molecule has 0 saturated heterocycles. The van der Waals surface area contributed by atoms with E-state index in [9.17, 15) is 9.59 Å². The van der Waals surface area contributed by atoms with Gasteiger partial charge in [0.1, 0.15) is 11.6 Å². The quantitative estimate of drug-likeness (QED) is 0.711. The van der Waals surface area contributed by atoms with Gasteiger partial charge in [-0.25, -0.2) is 4.79 Å². The van der Waals surface area contributed by atoms with Gasteiger partial charge in [0.2, 0.25) is 0 Å². The summed E-state index contributed by atoms with van der Waals surface area (Å²) in [7, 11) is 0. The molecule has 0 amide bonds. The van der Waals surface area contributed by atoms with E-state index in [-0.39, 0.29) is 5.56 Å². The highest BCUT2D eigenvalue weighted by Gasteiger charge is 2.05. The summed E-state index contributed by atoms with van der Waals surface area (Å²) < 4.78 is 1.16. The predicted molar refractivity (Wildman–Crippen MR) is 55.2 cm³/mol. The molecule has 0 aliphatic heterocycles. The van der Waals surface area contributed by atoms with Crippen molar-refractivity contribution in [3.63, 3.8) is 0 Å². The molecule has 0 radical (unpaired) electrons. The fourth-order valence-electron chi connectivity index (χ4n) is 1.24. The third kappa shape index (κ3) is 1.62. The Morgan fingerprint density at radius 2 is 2.25 bits per heavy atom. The van der Waals surface area contributed by atoms with Gasteiger partial charge < -0.3 is 0 Å². The highest BCUT2D eigenvalue weighted by Crippen LogP contribution is 2.00. The molecular weight excluding hydrogens is 208 g/mol. The molecule has 2 aromatic heterocycles. The van der Waals surface area contributed by atoms with E-state index >= 15 is 0 Å². The largest absolute Gasteiger partial charge is 0.333 e. The van der Waals surface area contributed by atoms with Crippen LogP contribution in [0.5, 0.6) is 0 Å². The standard InChI is InChI=1S/C10H6N4O2/c11-4-7-6-14(10(16)13-9(7)15)8-2-1-3-12-5-8/h1-3,5-6H,(H,13,15,16). The maximum absolute atomic E-state index is 11.5. The number of H-pyrrole nitrogens is 1. The van der Waals surface area contributed by atoms with Gasteiger partial charge in [-0.15, -0.1) is 0 Å². The monoisotopic (exact) mass is 214 g/mol. The van der Waals surface area contributed by atoms with Crippen molar-refractivity contribution in [1.29, 1.82) is 5.26 Å². The molecule has 6 nitrogen and oxygen atoms in total. The zero-order chi connectivity index (χ0) is 11.5. The second-order valence-corrected chi connectivity index (χ2v) is 3.00. The molecule has 0 fully saturated rings. The van der Waals surface area contributed by atoms with E-state index in [1.54, 1.807) is 24.4 Å². The van der Waals surface area contributed by atoms with Crippen LogP contribution >= 0.6 is 0 Å². The van der Waals surface area contributed by atoms with Crippen molar-refractivity contribution in [2.24, 2.45) is 0 Å². The van der Waals surface area contributed by atoms with Gasteiger partial charge in [-0.2, -0.15) is 5.26 Å². The molecule has 16 heavy (non-hydrogen) atoms. The van der Waals surface area contributed by atoms with Gasteiger partial charge in [0.25, 0.3) is 5.56 Å². The van der Waals surface area contributed by atoms with Gasteiger partial charge in [-0.1, -0.05) is 0 Å². The average molecular weight is 214 g/mol. The topological polar surface area (TPSA) is 91.5 Å². The van der Waals surface area contributed by atoms with Crippen LogP contribution in [0.1, 0.15) is 5.56 Å². The number of nitrogens with one attached hydrogen (secondary N) is 1. The average Bonchev–Trinajstić information content (AvgIpc) is 2.30. The Morgan fingerprint density at radius 3 is 2.88 bits per heavy atom. The minimum atomic E-state index is -0.687. The van der Waals surface area contributed by atoms with Crippen LogP contribution in [-0.4, -0.2) is 14.5 Å². The molecule has 2 aromatic rings. The Labute approximate surface area is 89.4 Å². The van der Waals surface area contributed by atoms with E-state index in [0.717, 1.165) is 4.57 Å². The summed E-state index contributed by atoms with van der Waals surface area (Å²) in [6.07, 6.45) is 4.21. The minimum absolute atomic E-state index is 0.122. The van der Waals surface area contributed by atoms with E-state index in [1.807, 2.05) is 0 Å². The van der Waals surface area contributed by atoms with E-state index < -0.39 is 11.2 Å². The number of nitrogens with zero attached hydrogens (tertiary/aromatic N) is 3. The Hall–Kier alpha value is -2.68. The number of aromatic amines is 1. The summed E-state index contributed by atoms with van der Waals surface area (Å²) in [5, 5.41) is 8.68. The Morgan fingerprint density at radius 1 is 1.44 bits per heavy atom. The molecule has 0 saturated carbocycles. The SMILES string of the molecule is N#Cc1cn(-c2cccnc2)c(=O)[nH]c1=O. The zero-order valence-corrected chi connectivity index (χ0v) is 8.04. The number of hydrogen-bond donors (Lipinski definition) is 1. The predicted octanol–water partition coefficient (Wildman–Crippen LogP) is -0.208. The van der Waals surface area contributed by atoms with E-state index in [1.165, 1.54) is 12.4 Å². The zero-order valence-electron chi connectivity index (χ0n) is 8.04. The summed E-state index contributed by atoms with van der Waals surface area (Å²) in [6.45, 7) is 0. The van der Waals surface area contributed by atoms with Gasteiger partial charge in [0.05, 0.1) is 11.9 Å². The third-order valence-corrected chi connectivity index (χ3v) is 1.99. The van der Waals surface area contributed by atoms with Crippen molar-refractivity contribution in [3.05, 3.63) is 57.1 Å². The van der Waals surface area contributed by atoms with Crippen molar-refractivity contribution < 1.29 is 0 Å². The number of pyridine rings is 1. The van der Waals surface area contributed by atoms with Crippen molar-refractivity contribution in [2.45, 2.75) is 0 Å².